The lowest BCUT2D eigenvalue weighted by molar-refractivity contribution is 0.102. The summed E-state index contributed by atoms with van der Waals surface area (Å²) in [6, 6.07) is 9.66. The molecule has 0 aromatic heterocycles. The third-order valence-electron chi connectivity index (χ3n) is 2.67. The summed E-state index contributed by atoms with van der Waals surface area (Å²) >= 11 is 11.8. The fourth-order valence-electron chi connectivity index (χ4n) is 1.67. The molecule has 0 spiro atoms. The Hall–Kier alpha value is -1.91. The first kappa shape index (κ1) is 14.5. The molecule has 4 nitrogen and oxygen atoms in total. The van der Waals surface area contributed by atoms with Crippen molar-refractivity contribution < 1.29 is 9.53 Å². The lowest BCUT2D eigenvalue weighted by atomic mass is 10.1. The zero-order valence-corrected chi connectivity index (χ0v) is 12.1. The number of carbonyl (C=O) groups is 1. The van der Waals surface area contributed by atoms with Crippen molar-refractivity contribution in [3.63, 3.8) is 0 Å². The van der Waals surface area contributed by atoms with Crippen LogP contribution in [0.1, 0.15) is 10.4 Å². The van der Waals surface area contributed by atoms with Gasteiger partial charge in [-0.05, 0) is 36.4 Å². The molecule has 0 saturated heterocycles. The van der Waals surface area contributed by atoms with Gasteiger partial charge in [-0.1, -0.05) is 23.2 Å². The van der Waals surface area contributed by atoms with Gasteiger partial charge in [0, 0.05) is 16.4 Å². The molecule has 104 valence electrons. The lowest BCUT2D eigenvalue weighted by Crippen LogP contribution is -2.14. The molecular formula is C14H12Cl2N2O2. The number of nitrogens with one attached hydrogen (secondary N) is 1. The molecule has 0 saturated carbocycles. The van der Waals surface area contributed by atoms with E-state index in [-0.39, 0.29) is 5.91 Å². The summed E-state index contributed by atoms with van der Waals surface area (Å²) in [7, 11) is 1.52. The SMILES string of the molecule is COc1ccc(NC(=O)c2cc(Cl)ccc2N)cc1Cl. The molecule has 1 amide bonds. The van der Waals surface area contributed by atoms with Crippen molar-refractivity contribution in [2.45, 2.75) is 0 Å². The van der Waals surface area contributed by atoms with Crippen molar-refractivity contribution in [2.24, 2.45) is 0 Å². The standard InChI is InChI=1S/C14H12Cl2N2O2/c1-20-13-5-3-9(7-11(13)16)18-14(19)10-6-8(15)2-4-12(10)17/h2-7H,17H2,1H3,(H,18,19). The third kappa shape index (κ3) is 3.15. The van der Waals surface area contributed by atoms with Crippen LogP contribution in [-0.2, 0) is 0 Å². The van der Waals surface area contributed by atoms with Crippen molar-refractivity contribution in [1.82, 2.24) is 0 Å². The van der Waals surface area contributed by atoms with Crippen molar-refractivity contribution in [3.8, 4) is 5.75 Å². The van der Waals surface area contributed by atoms with Gasteiger partial charge in [0.05, 0.1) is 17.7 Å². The number of methoxy groups -OCH3 is 1. The van der Waals surface area contributed by atoms with Gasteiger partial charge in [-0.3, -0.25) is 4.79 Å². The smallest absolute Gasteiger partial charge is 0.257 e. The maximum Gasteiger partial charge on any atom is 0.257 e. The molecule has 0 unspecified atom stereocenters. The number of hydrogen-bond donors (Lipinski definition) is 2. The summed E-state index contributed by atoms with van der Waals surface area (Å²) in [4.78, 5) is 12.1. The van der Waals surface area contributed by atoms with E-state index >= 15 is 0 Å². The number of hydrogen-bond acceptors (Lipinski definition) is 3. The zero-order valence-electron chi connectivity index (χ0n) is 10.6. The molecule has 0 aliphatic heterocycles. The van der Waals surface area contributed by atoms with Crippen molar-refractivity contribution in [3.05, 3.63) is 52.0 Å². The summed E-state index contributed by atoms with van der Waals surface area (Å²) in [6.07, 6.45) is 0. The van der Waals surface area contributed by atoms with Gasteiger partial charge in [-0.2, -0.15) is 0 Å². The number of rotatable bonds is 3. The monoisotopic (exact) mass is 310 g/mol. The number of nitrogens with two attached hydrogens (primary N) is 1. The minimum Gasteiger partial charge on any atom is -0.495 e. The number of nitrogen functional groups attached to an aromatic ring is 1. The fourth-order valence-corrected chi connectivity index (χ4v) is 2.10. The Bertz CT molecular complexity index is 660. The molecule has 0 bridgehead atoms. The minimum absolute atomic E-state index is 0.310. The minimum atomic E-state index is -0.355. The van der Waals surface area contributed by atoms with Crippen molar-refractivity contribution in [2.75, 3.05) is 18.2 Å². The summed E-state index contributed by atoms with van der Waals surface area (Å²) < 4.78 is 5.04. The molecule has 2 aromatic carbocycles. The van der Waals surface area contributed by atoms with Crippen LogP contribution in [0.5, 0.6) is 5.75 Å². The third-order valence-corrected chi connectivity index (χ3v) is 3.20. The van der Waals surface area contributed by atoms with Crippen LogP contribution in [0.4, 0.5) is 11.4 Å². The Morgan fingerprint density at radius 2 is 1.95 bits per heavy atom. The Morgan fingerprint density at radius 1 is 1.20 bits per heavy atom. The van der Waals surface area contributed by atoms with Gasteiger partial charge in [0.1, 0.15) is 5.75 Å². The second kappa shape index (κ2) is 6.03. The van der Waals surface area contributed by atoms with Gasteiger partial charge in [0.25, 0.3) is 5.91 Å². The second-order valence-electron chi connectivity index (χ2n) is 4.04. The molecule has 0 atom stereocenters. The molecule has 0 aliphatic carbocycles. The zero-order chi connectivity index (χ0) is 14.7. The average Bonchev–Trinajstić information content (AvgIpc) is 2.41. The molecule has 0 fully saturated rings. The number of anilines is 2. The van der Waals surface area contributed by atoms with E-state index in [0.29, 0.717) is 32.7 Å². The van der Waals surface area contributed by atoms with Crippen LogP contribution in [0.2, 0.25) is 10.0 Å². The Balaban J connectivity index is 2.23. The largest absolute Gasteiger partial charge is 0.495 e. The molecule has 0 radical (unpaired) electrons. The van der Waals surface area contributed by atoms with E-state index in [1.54, 1.807) is 30.3 Å². The second-order valence-corrected chi connectivity index (χ2v) is 4.88. The summed E-state index contributed by atoms with van der Waals surface area (Å²) in [5.74, 6) is 0.179. The van der Waals surface area contributed by atoms with Gasteiger partial charge < -0.3 is 15.8 Å². The van der Waals surface area contributed by atoms with E-state index < -0.39 is 0 Å². The van der Waals surface area contributed by atoms with E-state index in [9.17, 15) is 4.79 Å². The van der Waals surface area contributed by atoms with Crippen LogP contribution < -0.4 is 15.8 Å². The van der Waals surface area contributed by atoms with Gasteiger partial charge >= 0.3 is 0 Å². The van der Waals surface area contributed by atoms with Crippen LogP contribution in [0.15, 0.2) is 36.4 Å². The molecule has 2 rings (SSSR count). The molecule has 6 heteroatoms. The Morgan fingerprint density at radius 3 is 2.60 bits per heavy atom. The quantitative estimate of drug-likeness (QED) is 0.847. The van der Waals surface area contributed by atoms with Gasteiger partial charge in [-0.25, -0.2) is 0 Å². The van der Waals surface area contributed by atoms with Crippen LogP contribution >= 0.6 is 23.2 Å². The molecule has 3 N–H and O–H groups in total. The normalized spacial score (nSPS) is 10.2. The molecule has 0 heterocycles. The van der Waals surface area contributed by atoms with Gasteiger partial charge in [-0.15, -0.1) is 0 Å². The number of benzene rings is 2. The summed E-state index contributed by atoms with van der Waals surface area (Å²) in [6.45, 7) is 0. The predicted octanol–water partition coefficient (Wildman–Crippen LogP) is 3.84. The van der Waals surface area contributed by atoms with E-state index in [4.69, 9.17) is 33.7 Å². The molecule has 0 aliphatic rings. The van der Waals surface area contributed by atoms with Crippen LogP contribution in [0.25, 0.3) is 0 Å². The first-order valence-electron chi connectivity index (χ1n) is 5.71. The number of carbonyl (C=O) groups excluding carboxylic acids is 1. The van der Waals surface area contributed by atoms with Crippen LogP contribution in [0, 0.1) is 0 Å². The van der Waals surface area contributed by atoms with Gasteiger partial charge in [0.2, 0.25) is 0 Å². The number of halogens is 2. The number of ether oxygens (including phenoxy) is 1. The number of amides is 1. The van der Waals surface area contributed by atoms with Crippen molar-refractivity contribution in [1.29, 1.82) is 0 Å². The topological polar surface area (TPSA) is 64.3 Å². The highest BCUT2D eigenvalue weighted by Crippen LogP contribution is 2.28. The highest BCUT2D eigenvalue weighted by atomic mass is 35.5. The summed E-state index contributed by atoms with van der Waals surface area (Å²) in [5, 5.41) is 3.55. The van der Waals surface area contributed by atoms with Gasteiger partial charge in [0.15, 0.2) is 0 Å². The Labute approximate surface area is 126 Å². The van der Waals surface area contributed by atoms with E-state index in [1.807, 2.05) is 0 Å². The Kier molecular flexibility index (Phi) is 4.37. The molecule has 20 heavy (non-hydrogen) atoms. The van der Waals surface area contributed by atoms with E-state index in [0.717, 1.165) is 0 Å². The first-order chi connectivity index (χ1) is 9.51. The fraction of sp³-hybridized carbons (Fsp3) is 0.0714. The highest BCUT2D eigenvalue weighted by Gasteiger charge is 2.11. The first-order valence-corrected chi connectivity index (χ1v) is 6.47. The van der Waals surface area contributed by atoms with Crippen LogP contribution in [-0.4, -0.2) is 13.0 Å². The predicted molar refractivity (Wildman–Crippen MR) is 81.8 cm³/mol. The van der Waals surface area contributed by atoms with E-state index in [1.165, 1.54) is 13.2 Å². The maximum absolute atomic E-state index is 12.1. The average molecular weight is 311 g/mol. The highest BCUT2D eigenvalue weighted by molar-refractivity contribution is 6.32. The van der Waals surface area contributed by atoms with Crippen LogP contribution in [0.3, 0.4) is 0 Å². The lowest BCUT2D eigenvalue weighted by Gasteiger charge is -2.09. The maximum atomic E-state index is 12.1. The molecule has 2 aromatic rings. The van der Waals surface area contributed by atoms with Crippen molar-refractivity contribution >= 4 is 40.5 Å². The molecular weight excluding hydrogens is 299 g/mol. The summed E-state index contributed by atoms with van der Waals surface area (Å²) in [5.41, 5.74) is 6.96. The van der Waals surface area contributed by atoms with E-state index in [2.05, 4.69) is 5.32 Å².